The fourth-order valence-electron chi connectivity index (χ4n) is 3.60. The molecule has 2 N–H and O–H groups in total. The van der Waals surface area contributed by atoms with E-state index in [0.717, 1.165) is 16.5 Å². The van der Waals surface area contributed by atoms with Crippen LogP contribution in [-0.4, -0.2) is 59.3 Å². The van der Waals surface area contributed by atoms with Gasteiger partial charge in [0, 0.05) is 48.6 Å². The quantitative estimate of drug-likeness (QED) is 0.631. The predicted molar refractivity (Wildman–Crippen MR) is 119 cm³/mol. The lowest BCUT2D eigenvalue weighted by Crippen LogP contribution is -2.51. The van der Waals surface area contributed by atoms with Crippen LogP contribution in [0.15, 0.2) is 48.5 Å². The Balaban J connectivity index is 1.30. The Morgan fingerprint density at radius 1 is 1.00 bits per heavy atom. The third-order valence-electron chi connectivity index (χ3n) is 5.27. The minimum absolute atomic E-state index is 0.0193. The van der Waals surface area contributed by atoms with Gasteiger partial charge in [-0.1, -0.05) is 53.5 Å². The molecule has 0 aliphatic carbocycles. The van der Waals surface area contributed by atoms with Gasteiger partial charge in [0.05, 0.1) is 11.6 Å². The SMILES string of the molecule is O=C(CN1CCN(C(=O)c2[nH]c3ccc(Cl)cc3c2Cl)CC1)NCc1ccccc1. The van der Waals surface area contributed by atoms with Gasteiger partial charge in [0.15, 0.2) is 0 Å². The zero-order valence-electron chi connectivity index (χ0n) is 16.3. The van der Waals surface area contributed by atoms with Crippen LogP contribution in [0.4, 0.5) is 0 Å². The fourth-order valence-corrected chi connectivity index (χ4v) is 4.06. The number of nitrogens with one attached hydrogen (secondary N) is 2. The van der Waals surface area contributed by atoms with Gasteiger partial charge in [0.25, 0.3) is 5.91 Å². The van der Waals surface area contributed by atoms with Crippen molar-refractivity contribution in [2.45, 2.75) is 6.54 Å². The maximum atomic E-state index is 12.9. The molecule has 0 bridgehead atoms. The predicted octanol–water partition coefficient (Wildman–Crippen LogP) is 3.55. The van der Waals surface area contributed by atoms with E-state index < -0.39 is 0 Å². The first-order valence-corrected chi connectivity index (χ1v) is 10.6. The Morgan fingerprint density at radius 3 is 2.47 bits per heavy atom. The highest BCUT2D eigenvalue weighted by Crippen LogP contribution is 2.30. The third kappa shape index (κ3) is 4.61. The van der Waals surface area contributed by atoms with Crippen molar-refractivity contribution in [3.8, 4) is 0 Å². The number of aromatic amines is 1. The monoisotopic (exact) mass is 444 g/mol. The minimum atomic E-state index is -0.138. The van der Waals surface area contributed by atoms with Crippen LogP contribution < -0.4 is 5.32 Å². The van der Waals surface area contributed by atoms with Gasteiger partial charge in [0.2, 0.25) is 5.91 Å². The van der Waals surface area contributed by atoms with Crippen LogP contribution in [0.2, 0.25) is 10.0 Å². The molecule has 0 spiro atoms. The maximum Gasteiger partial charge on any atom is 0.271 e. The molecule has 0 radical (unpaired) electrons. The zero-order chi connectivity index (χ0) is 21.1. The Hall–Kier alpha value is -2.54. The average Bonchev–Trinajstić information content (AvgIpc) is 3.09. The van der Waals surface area contributed by atoms with E-state index in [9.17, 15) is 9.59 Å². The van der Waals surface area contributed by atoms with Crippen LogP contribution in [0, 0.1) is 0 Å². The summed E-state index contributed by atoms with van der Waals surface area (Å²) in [6.45, 7) is 3.18. The molecule has 156 valence electrons. The molecule has 0 atom stereocenters. The smallest absolute Gasteiger partial charge is 0.271 e. The summed E-state index contributed by atoms with van der Waals surface area (Å²) in [5.41, 5.74) is 2.22. The van der Waals surface area contributed by atoms with Crippen molar-refractivity contribution in [2.75, 3.05) is 32.7 Å². The molecule has 2 aromatic carbocycles. The number of rotatable bonds is 5. The molecule has 1 aromatic heterocycles. The van der Waals surface area contributed by atoms with Crippen LogP contribution in [0.25, 0.3) is 10.9 Å². The summed E-state index contributed by atoms with van der Waals surface area (Å²) < 4.78 is 0. The van der Waals surface area contributed by atoms with Gasteiger partial charge in [-0.15, -0.1) is 0 Å². The molecule has 2 heterocycles. The van der Waals surface area contributed by atoms with E-state index >= 15 is 0 Å². The number of fused-ring (bicyclic) bond motifs is 1. The second kappa shape index (κ2) is 9.08. The summed E-state index contributed by atoms with van der Waals surface area (Å²) in [5.74, 6) is -0.158. The molecule has 2 amide bonds. The van der Waals surface area contributed by atoms with Gasteiger partial charge in [-0.05, 0) is 23.8 Å². The normalized spacial score (nSPS) is 14.8. The van der Waals surface area contributed by atoms with Crippen molar-refractivity contribution in [1.82, 2.24) is 20.1 Å². The Kier molecular flexibility index (Phi) is 6.27. The molecule has 30 heavy (non-hydrogen) atoms. The summed E-state index contributed by atoms with van der Waals surface area (Å²) in [4.78, 5) is 32.1. The van der Waals surface area contributed by atoms with Gasteiger partial charge in [-0.2, -0.15) is 0 Å². The van der Waals surface area contributed by atoms with Crippen LogP contribution >= 0.6 is 23.2 Å². The molecule has 6 nitrogen and oxygen atoms in total. The Labute approximate surface area is 184 Å². The van der Waals surface area contributed by atoms with E-state index in [2.05, 4.69) is 15.2 Å². The number of aromatic nitrogens is 1. The largest absolute Gasteiger partial charge is 0.351 e. The summed E-state index contributed by atoms with van der Waals surface area (Å²) in [6, 6.07) is 15.1. The van der Waals surface area contributed by atoms with E-state index in [-0.39, 0.29) is 11.8 Å². The number of halogens is 2. The highest BCUT2D eigenvalue weighted by Gasteiger charge is 2.26. The zero-order valence-corrected chi connectivity index (χ0v) is 17.8. The van der Waals surface area contributed by atoms with Crippen molar-refractivity contribution in [1.29, 1.82) is 0 Å². The van der Waals surface area contributed by atoms with Crippen molar-refractivity contribution in [3.63, 3.8) is 0 Å². The second-order valence-electron chi connectivity index (χ2n) is 7.33. The van der Waals surface area contributed by atoms with Gasteiger partial charge in [-0.25, -0.2) is 0 Å². The van der Waals surface area contributed by atoms with Gasteiger partial charge in [-0.3, -0.25) is 14.5 Å². The van der Waals surface area contributed by atoms with Gasteiger partial charge in [0.1, 0.15) is 5.69 Å². The van der Waals surface area contributed by atoms with E-state index in [1.54, 1.807) is 17.0 Å². The second-order valence-corrected chi connectivity index (χ2v) is 8.15. The van der Waals surface area contributed by atoms with E-state index in [0.29, 0.717) is 55.0 Å². The lowest BCUT2D eigenvalue weighted by molar-refractivity contribution is -0.122. The molecule has 8 heteroatoms. The first kappa shape index (κ1) is 20.7. The van der Waals surface area contributed by atoms with Crippen molar-refractivity contribution in [3.05, 3.63) is 69.8 Å². The number of amides is 2. The Morgan fingerprint density at radius 2 is 1.73 bits per heavy atom. The summed E-state index contributed by atoms with van der Waals surface area (Å²) >= 11 is 12.5. The number of hydrogen-bond donors (Lipinski definition) is 2. The molecule has 1 aliphatic heterocycles. The number of benzene rings is 2. The highest BCUT2D eigenvalue weighted by molar-refractivity contribution is 6.39. The van der Waals surface area contributed by atoms with Crippen molar-refractivity contribution >= 4 is 45.9 Å². The standard InChI is InChI=1S/C22H22Cl2N4O2/c23-16-6-7-18-17(12-16)20(24)21(26-18)22(30)28-10-8-27(9-11-28)14-19(29)25-13-15-4-2-1-3-5-15/h1-7,12,26H,8-11,13-14H2,(H,25,29). The topological polar surface area (TPSA) is 68.4 Å². The fraction of sp³-hybridized carbons (Fsp3) is 0.273. The first-order chi connectivity index (χ1) is 14.5. The van der Waals surface area contributed by atoms with Gasteiger partial charge < -0.3 is 15.2 Å². The number of carbonyl (C=O) groups is 2. The van der Waals surface area contributed by atoms with Crippen LogP contribution in [-0.2, 0) is 11.3 Å². The maximum absolute atomic E-state index is 12.9. The molecular weight excluding hydrogens is 423 g/mol. The summed E-state index contributed by atoms with van der Waals surface area (Å²) in [6.07, 6.45) is 0. The van der Waals surface area contributed by atoms with E-state index in [4.69, 9.17) is 23.2 Å². The van der Waals surface area contributed by atoms with E-state index in [1.807, 2.05) is 36.4 Å². The average molecular weight is 445 g/mol. The Bertz CT molecular complexity index is 1060. The molecule has 1 aliphatic rings. The van der Waals surface area contributed by atoms with E-state index in [1.165, 1.54) is 0 Å². The number of carbonyl (C=O) groups excluding carboxylic acids is 2. The minimum Gasteiger partial charge on any atom is -0.351 e. The van der Waals surface area contributed by atoms with Crippen LogP contribution in [0.3, 0.4) is 0 Å². The van der Waals surface area contributed by atoms with Crippen LogP contribution in [0.1, 0.15) is 16.1 Å². The molecule has 0 saturated carbocycles. The lowest BCUT2D eigenvalue weighted by Gasteiger charge is -2.34. The summed E-state index contributed by atoms with van der Waals surface area (Å²) in [7, 11) is 0. The molecule has 0 unspecified atom stereocenters. The molecular formula is C22H22Cl2N4O2. The van der Waals surface area contributed by atoms with Crippen LogP contribution in [0.5, 0.6) is 0 Å². The van der Waals surface area contributed by atoms with Crippen molar-refractivity contribution < 1.29 is 9.59 Å². The molecule has 4 rings (SSSR count). The first-order valence-electron chi connectivity index (χ1n) is 9.80. The summed E-state index contributed by atoms with van der Waals surface area (Å²) in [5, 5.41) is 4.64. The van der Waals surface area contributed by atoms with Gasteiger partial charge >= 0.3 is 0 Å². The number of piperazine rings is 1. The number of hydrogen-bond acceptors (Lipinski definition) is 3. The third-order valence-corrected chi connectivity index (χ3v) is 5.90. The number of H-pyrrole nitrogens is 1. The number of nitrogens with zero attached hydrogens (tertiary/aromatic N) is 2. The van der Waals surface area contributed by atoms with Crippen molar-refractivity contribution in [2.24, 2.45) is 0 Å². The molecule has 1 fully saturated rings. The lowest BCUT2D eigenvalue weighted by atomic mass is 10.2. The highest BCUT2D eigenvalue weighted by atomic mass is 35.5. The molecule has 1 saturated heterocycles. The molecule has 3 aromatic rings.